The molecule has 0 aromatic heterocycles. The summed E-state index contributed by atoms with van der Waals surface area (Å²) in [5.74, 6) is 0.481. The fraction of sp³-hybridized carbons (Fsp3) is 0.846. The lowest BCUT2D eigenvalue weighted by molar-refractivity contribution is -0.142. The first-order valence-corrected chi connectivity index (χ1v) is 6.77. The molecule has 96 valence electrons. The Morgan fingerprint density at radius 2 is 1.56 bits per heavy atom. The molecular weight excluding hydrogens is 229 g/mol. The van der Waals surface area contributed by atoms with Gasteiger partial charge in [-0.1, -0.05) is 0 Å². The van der Waals surface area contributed by atoms with E-state index in [2.05, 4.69) is 0 Å². The zero-order valence-corrected chi connectivity index (χ0v) is 10.5. The highest BCUT2D eigenvalue weighted by Gasteiger charge is 2.54. The van der Waals surface area contributed by atoms with Gasteiger partial charge in [-0.2, -0.15) is 0 Å². The third kappa shape index (κ3) is 1.84. The van der Waals surface area contributed by atoms with Gasteiger partial charge in [-0.3, -0.25) is 9.59 Å². The monoisotopic (exact) mass is 247 g/mol. The number of carboxylic acid groups (broad SMARTS) is 1. The zero-order chi connectivity index (χ0) is 12.9. The summed E-state index contributed by atoms with van der Waals surface area (Å²) in [6, 6.07) is 0. The third-order valence-electron chi connectivity index (χ3n) is 5.14. The molecular formula is C13H18BNO3. The minimum absolute atomic E-state index is 0.249. The van der Waals surface area contributed by atoms with Crippen LogP contribution < -0.4 is 0 Å². The molecule has 1 amide bonds. The van der Waals surface area contributed by atoms with E-state index in [1.165, 1.54) is 24.2 Å². The fourth-order valence-electron chi connectivity index (χ4n) is 5.01. The summed E-state index contributed by atoms with van der Waals surface area (Å²) in [7, 11) is 5.43. The Morgan fingerprint density at radius 3 is 1.89 bits per heavy atom. The van der Waals surface area contributed by atoms with Crippen LogP contribution in [0.1, 0.15) is 38.5 Å². The second-order valence-corrected chi connectivity index (χ2v) is 6.46. The van der Waals surface area contributed by atoms with Crippen LogP contribution in [0.2, 0.25) is 0 Å². The van der Waals surface area contributed by atoms with E-state index in [4.69, 9.17) is 13.0 Å². The molecule has 0 spiro atoms. The Labute approximate surface area is 108 Å². The van der Waals surface area contributed by atoms with Crippen molar-refractivity contribution in [2.75, 3.05) is 6.54 Å². The highest BCUT2D eigenvalue weighted by Crippen LogP contribution is 2.57. The normalized spacial score (nSPS) is 40.8. The average Bonchev–Trinajstić information content (AvgIpc) is 2.23. The van der Waals surface area contributed by atoms with Gasteiger partial charge >= 0.3 is 5.97 Å². The molecule has 4 saturated carbocycles. The number of nitrogens with zero attached hydrogens (tertiary/aromatic N) is 1. The molecule has 18 heavy (non-hydrogen) atoms. The molecule has 4 aliphatic rings. The van der Waals surface area contributed by atoms with Gasteiger partial charge in [0.05, 0.1) is 0 Å². The van der Waals surface area contributed by atoms with E-state index in [9.17, 15) is 9.59 Å². The second-order valence-electron chi connectivity index (χ2n) is 6.46. The minimum atomic E-state index is -0.968. The van der Waals surface area contributed by atoms with E-state index >= 15 is 0 Å². The maximum absolute atomic E-state index is 11.6. The van der Waals surface area contributed by atoms with Crippen LogP contribution in [0.5, 0.6) is 0 Å². The quantitative estimate of drug-likeness (QED) is 0.771. The van der Waals surface area contributed by atoms with E-state index < -0.39 is 11.8 Å². The van der Waals surface area contributed by atoms with Crippen LogP contribution in [0.25, 0.3) is 0 Å². The van der Waals surface area contributed by atoms with E-state index in [0.29, 0.717) is 17.8 Å². The predicted molar refractivity (Wildman–Crippen MR) is 66.4 cm³/mol. The van der Waals surface area contributed by atoms with Crippen molar-refractivity contribution in [3.05, 3.63) is 0 Å². The Kier molecular flexibility index (Phi) is 2.68. The second kappa shape index (κ2) is 4.00. The standard InChI is InChI=1S/C13H18BNO3/c14-12(18)15(7-11(16)17)13-4-8-1-9(5-13)3-10(2-8)6-13/h8-10H,1-7H2,(H,16,17). The van der Waals surface area contributed by atoms with Crippen molar-refractivity contribution in [1.29, 1.82) is 0 Å². The van der Waals surface area contributed by atoms with E-state index in [1.807, 2.05) is 0 Å². The first kappa shape index (κ1) is 12.1. The maximum Gasteiger partial charge on any atom is 0.323 e. The number of carbonyl (C=O) groups excluding carboxylic acids is 1. The summed E-state index contributed by atoms with van der Waals surface area (Å²) in [6.07, 6.45) is 6.65. The Hall–Kier alpha value is -0.995. The summed E-state index contributed by atoms with van der Waals surface area (Å²) in [6.45, 7) is -0.249. The molecule has 4 aliphatic carbocycles. The van der Waals surface area contributed by atoms with Gasteiger partial charge < -0.3 is 10.0 Å². The molecule has 4 bridgehead atoms. The van der Waals surface area contributed by atoms with Crippen molar-refractivity contribution in [2.45, 2.75) is 44.1 Å². The number of carbonyl (C=O) groups is 2. The van der Waals surface area contributed by atoms with Crippen LogP contribution in [0.15, 0.2) is 0 Å². The Balaban J connectivity index is 1.88. The molecule has 4 nitrogen and oxygen atoms in total. The average molecular weight is 247 g/mol. The smallest absolute Gasteiger partial charge is 0.323 e. The van der Waals surface area contributed by atoms with Gasteiger partial charge in [0.25, 0.3) is 0 Å². The van der Waals surface area contributed by atoms with Crippen LogP contribution in [-0.2, 0) is 4.79 Å². The number of hydrogen-bond acceptors (Lipinski definition) is 2. The molecule has 5 heteroatoms. The Bertz CT molecular complexity index is 360. The molecule has 0 heterocycles. The lowest BCUT2D eigenvalue weighted by Gasteiger charge is -2.60. The molecule has 0 aromatic rings. The van der Waals surface area contributed by atoms with E-state index in [-0.39, 0.29) is 12.1 Å². The topological polar surface area (TPSA) is 57.6 Å². The van der Waals surface area contributed by atoms with Crippen molar-refractivity contribution in [3.8, 4) is 0 Å². The van der Waals surface area contributed by atoms with Crippen molar-refractivity contribution in [1.82, 2.24) is 4.90 Å². The van der Waals surface area contributed by atoms with E-state index in [1.54, 1.807) is 0 Å². The zero-order valence-electron chi connectivity index (χ0n) is 10.5. The van der Waals surface area contributed by atoms with Gasteiger partial charge in [-0.05, 0) is 56.3 Å². The van der Waals surface area contributed by atoms with Gasteiger partial charge in [-0.25, -0.2) is 0 Å². The molecule has 1 N–H and O–H groups in total. The highest BCUT2D eigenvalue weighted by atomic mass is 16.4. The first-order chi connectivity index (χ1) is 8.48. The predicted octanol–water partition coefficient (Wildman–Crippen LogP) is 1.63. The highest BCUT2D eigenvalue weighted by molar-refractivity contribution is 6.57. The number of carboxylic acids is 1. The minimum Gasteiger partial charge on any atom is -0.480 e. The van der Waals surface area contributed by atoms with Crippen molar-refractivity contribution < 1.29 is 14.7 Å². The van der Waals surface area contributed by atoms with Crippen LogP contribution >= 0.6 is 0 Å². The molecule has 0 saturated heterocycles. The molecule has 2 radical (unpaired) electrons. The largest absolute Gasteiger partial charge is 0.480 e. The number of amides is 1. The van der Waals surface area contributed by atoms with Crippen molar-refractivity contribution in [2.24, 2.45) is 17.8 Å². The van der Waals surface area contributed by atoms with Gasteiger partial charge in [-0.15, -0.1) is 0 Å². The lowest BCUT2D eigenvalue weighted by Crippen LogP contribution is -2.62. The molecule has 0 unspecified atom stereocenters. The molecule has 4 fully saturated rings. The van der Waals surface area contributed by atoms with Gasteiger partial charge in [0.2, 0.25) is 7.85 Å². The lowest BCUT2D eigenvalue weighted by atomic mass is 9.52. The number of aliphatic carboxylic acids is 1. The van der Waals surface area contributed by atoms with Crippen LogP contribution in [0, 0.1) is 17.8 Å². The maximum atomic E-state index is 11.6. The van der Waals surface area contributed by atoms with Crippen LogP contribution in [0.3, 0.4) is 0 Å². The SMILES string of the molecule is [B]C(=O)N(CC(=O)O)C12CC3CC(CC(C3)C1)C2. The summed E-state index contributed by atoms with van der Waals surface area (Å²) in [5.41, 5.74) is -0.251. The van der Waals surface area contributed by atoms with Gasteiger partial charge in [0, 0.05) is 5.54 Å². The Morgan fingerprint density at radius 1 is 1.11 bits per heavy atom. The third-order valence-corrected chi connectivity index (χ3v) is 5.14. The van der Waals surface area contributed by atoms with Crippen molar-refractivity contribution in [3.63, 3.8) is 0 Å². The van der Waals surface area contributed by atoms with Crippen LogP contribution in [-0.4, -0.2) is 41.7 Å². The van der Waals surface area contributed by atoms with Crippen molar-refractivity contribution >= 4 is 19.6 Å². The van der Waals surface area contributed by atoms with Gasteiger partial charge in [0.1, 0.15) is 6.54 Å². The van der Waals surface area contributed by atoms with Crippen LogP contribution in [0.4, 0.5) is 4.79 Å². The first-order valence-electron chi connectivity index (χ1n) is 6.77. The molecule has 0 aliphatic heterocycles. The number of rotatable bonds is 3. The summed E-state index contributed by atoms with van der Waals surface area (Å²) in [5, 5.41) is 8.98. The fourth-order valence-corrected chi connectivity index (χ4v) is 5.01. The summed E-state index contributed by atoms with van der Waals surface area (Å²) in [4.78, 5) is 24.0. The number of hydrogen-bond donors (Lipinski definition) is 1. The van der Waals surface area contributed by atoms with E-state index in [0.717, 1.165) is 19.3 Å². The summed E-state index contributed by atoms with van der Waals surface area (Å²) >= 11 is 0. The molecule has 0 aromatic carbocycles. The molecule has 0 atom stereocenters. The molecule has 4 rings (SSSR count). The van der Waals surface area contributed by atoms with Gasteiger partial charge in [0.15, 0.2) is 5.81 Å². The summed E-state index contributed by atoms with van der Waals surface area (Å²) < 4.78 is 0.